The van der Waals surface area contributed by atoms with Gasteiger partial charge in [0.05, 0.1) is 12.0 Å². The second-order valence-electron chi connectivity index (χ2n) is 4.43. The third-order valence-electron chi connectivity index (χ3n) is 2.81. The number of carbonyl (C=O) groups excluding carboxylic acids is 1. The molecule has 3 N–H and O–H groups in total. The predicted octanol–water partition coefficient (Wildman–Crippen LogP) is 1.21. The average molecular weight is 238 g/mol. The van der Waals surface area contributed by atoms with Crippen LogP contribution < -0.4 is 11.1 Å². The molecule has 0 saturated heterocycles. The van der Waals surface area contributed by atoms with Gasteiger partial charge in [-0.3, -0.25) is 4.79 Å². The van der Waals surface area contributed by atoms with Gasteiger partial charge in [0.1, 0.15) is 0 Å². The molecule has 1 amide bonds. The smallest absolute Gasteiger partial charge is 0.221 e. The lowest BCUT2D eigenvalue weighted by atomic mass is 10.2. The Bertz CT molecular complexity index is 359. The first kappa shape index (κ1) is 13.7. The molecular weight excluding hydrogens is 216 g/mol. The molecule has 0 bridgehead atoms. The molecular formula is C12H22N4O. The third-order valence-corrected chi connectivity index (χ3v) is 2.81. The molecule has 1 rings (SSSR count). The second kappa shape index (κ2) is 6.39. The van der Waals surface area contributed by atoms with E-state index in [9.17, 15) is 4.79 Å². The number of amides is 1. The van der Waals surface area contributed by atoms with E-state index in [-0.39, 0.29) is 18.0 Å². The minimum atomic E-state index is -0.0601. The van der Waals surface area contributed by atoms with Crippen LogP contribution in [0.5, 0.6) is 0 Å². The zero-order chi connectivity index (χ0) is 12.8. The van der Waals surface area contributed by atoms with Crippen LogP contribution in [0.25, 0.3) is 0 Å². The summed E-state index contributed by atoms with van der Waals surface area (Å²) in [6, 6.07) is 0.174. The van der Waals surface area contributed by atoms with Gasteiger partial charge in [-0.25, -0.2) is 4.98 Å². The van der Waals surface area contributed by atoms with Gasteiger partial charge in [-0.05, 0) is 20.3 Å². The van der Waals surface area contributed by atoms with E-state index in [0.717, 1.165) is 12.1 Å². The first-order valence-corrected chi connectivity index (χ1v) is 6.09. The summed E-state index contributed by atoms with van der Waals surface area (Å²) >= 11 is 0. The van der Waals surface area contributed by atoms with Crippen molar-refractivity contribution >= 4 is 5.91 Å². The van der Waals surface area contributed by atoms with E-state index in [1.54, 1.807) is 12.5 Å². The highest BCUT2D eigenvalue weighted by Gasteiger charge is 2.09. The Hall–Kier alpha value is -1.36. The molecule has 1 aromatic rings. The standard InChI is InChI=1S/C12H22N4O/c1-4-9(2)15-12(17)5-6-16-8-14-7-11(16)10(3)13/h7-10H,4-6,13H2,1-3H3,(H,15,17). The molecule has 5 heteroatoms. The largest absolute Gasteiger partial charge is 0.354 e. The van der Waals surface area contributed by atoms with Gasteiger partial charge in [-0.15, -0.1) is 0 Å². The van der Waals surface area contributed by atoms with Crippen LogP contribution in [0.2, 0.25) is 0 Å². The van der Waals surface area contributed by atoms with Gasteiger partial charge in [-0.1, -0.05) is 6.92 Å². The van der Waals surface area contributed by atoms with E-state index in [2.05, 4.69) is 17.2 Å². The summed E-state index contributed by atoms with van der Waals surface area (Å²) in [5, 5.41) is 2.94. The van der Waals surface area contributed by atoms with E-state index in [1.165, 1.54) is 0 Å². The number of imidazole rings is 1. The summed E-state index contributed by atoms with van der Waals surface area (Å²) in [4.78, 5) is 15.7. The molecule has 0 aliphatic rings. The third kappa shape index (κ3) is 4.19. The molecule has 1 aromatic heterocycles. The van der Waals surface area contributed by atoms with Gasteiger partial charge >= 0.3 is 0 Å². The van der Waals surface area contributed by atoms with Crippen molar-refractivity contribution in [2.45, 2.75) is 52.2 Å². The van der Waals surface area contributed by atoms with Gasteiger partial charge in [-0.2, -0.15) is 0 Å². The molecule has 0 aliphatic heterocycles. The van der Waals surface area contributed by atoms with E-state index in [1.807, 2.05) is 18.4 Å². The second-order valence-corrected chi connectivity index (χ2v) is 4.43. The average Bonchev–Trinajstić information content (AvgIpc) is 2.74. The Morgan fingerprint density at radius 3 is 2.88 bits per heavy atom. The molecule has 1 heterocycles. The highest BCUT2D eigenvalue weighted by atomic mass is 16.1. The monoisotopic (exact) mass is 238 g/mol. The van der Waals surface area contributed by atoms with Crippen molar-refractivity contribution in [3.05, 3.63) is 18.2 Å². The van der Waals surface area contributed by atoms with Crippen LogP contribution in [0.15, 0.2) is 12.5 Å². The molecule has 0 fully saturated rings. The topological polar surface area (TPSA) is 72.9 Å². The van der Waals surface area contributed by atoms with Crippen molar-refractivity contribution in [1.29, 1.82) is 0 Å². The van der Waals surface area contributed by atoms with E-state index in [4.69, 9.17) is 5.73 Å². The van der Waals surface area contributed by atoms with Gasteiger partial charge < -0.3 is 15.6 Å². The number of rotatable bonds is 6. The summed E-state index contributed by atoms with van der Waals surface area (Å²) in [6.45, 7) is 6.59. The molecule has 2 unspecified atom stereocenters. The summed E-state index contributed by atoms with van der Waals surface area (Å²) in [5.41, 5.74) is 6.77. The predicted molar refractivity (Wildman–Crippen MR) is 67.3 cm³/mol. The Morgan fingerprint density at radius 2 is 2.29 bits per heavy atom. The van der Waals surface area contributed by atoms with Crippen LogP contribution in [0.3, 0.4) is 0 Å². The molecule has 17 heavy (non-hydrogen) atoms. The van der Waals surface area contributed by atoms with Crippen molar-refractivity contribution in [2.24, 2.45) is 5.73 Å². The molecule has 2 atom stereocenters. The highest BCUT2D eigenvalue weighted by Crippen LogP contribution is 2.09. The van der Waals surface area contributed by atoms with Crippen LogP contribution in [0.1, 0.15) is 45.3 Å². The van der Waals surface area contributed by atoms with Gasteiger partial charge in [0.25, 0.3) is 0 Å². The summed E-state index contributed by atoms with van der Waals surface area (Å²) in [6.07, 6.45) is 4.87. The van der Waals surface area contributed by atoms with Crippen molar-refractivity contribution in [2.75, 3.05) is 0 Å². The normalized spacial score (nSPS) is 14.4. The lowest BCUT2D eigenvalue weighted by Gasteiger charge is -2.13. The minimum Gasteiger partial charge on any atom is -0.354 e. The zero-order valence-corrected chi connectivity index (χ0v) is 10.8. The first-order valence-electron chi connectivity index (χ1n) is 6.09. The zero-order valence-electron chi connectivity index (χ0n) is 10.8. The maximum absolute atomic E-state index is 11.6. The lowest BCUT2D eigenvalue weighted by Crippen LogP contribution is -2.32. The molecule has 0 saturated carbocycles. The maximum atomic E-state index is 11.6. The van der Waals surface area contributed by atoms with Crippen molar-refractivity contribution < 1.29 is 4.79 Å². The van der Waals surface area contributed by atoms with Gasteiger partial charge in [0, 0.05) is 31.2 Å². The summed E-state index contributed by atoms with van der Waals surface area (Å²) in [5.74, 6) is 0.0728. The Kier molecular flexibility index (Phi) is 5.15. The summed E-state index contributed by atoms with van der Waals surface area (Å²) in [7, 11) is 0. The number of hydrogen-bond donors (Lipinski definition) is 2. The number of carbonyl (C=O) groups is 1. The van der Waals surface area contributed by atoms with Gasteiger partial charge in [0.15, 0.2) is 0 Å². The number of aromatic nitrogens is 2. The number of nitrogens with two attached hydrogens (primary N) is 1. The molecule has 0 radical (unpaired) electrons. The van der Waals surface area contributed by atoms with Crippen LogP contribution in [-0.4, -0.2) is 21.5 Å². The Balaban J connectivity index is 2.45. The fourth-order valence-electron chi connectivity index (χ4n) is 1.57. The quantitative estimate of drug-likeness (QED) is 0.782. The van der Waals surface area contributed by atoms with E-state index < -0.39 is 0 Å². The van der Waals surface area contributed by atoms with Crippen molar-refractivity contribution in [1.82, 2.24) is 14.9 Å². The maximum Gasteiger partial charge on any atom is 0.221 e. The number of hydrogen-bond acceptors (Lipinski definition) is 3. The Morgan fingerprint density at radius 1 is 1.59 bits per heavy atom. The first-order chi connectivity index (χ1) is 8.04. The molecule has 5 nitrogen and oxygen atoms in total. The number of nitrogens with zero attached hydrogens (tertiary/aromatic N) is 2. The summed E-state index contributed by atoms with van der Waals surface area (Å²) < 4.78 is 1.93. The van der Waals surface area contributed by atoms with Gasteiger partial charge in [0.2, 0.25) is 5.91 Å². The molecule has 0 aliphatic carbocycles. The molecule has 96 valence electrons. The fourth-order valence-corrected chi connectivity index (χ4v) is 1.57. The molecule has 0 aromatic carbocycles. The Labute approximate surface area is 102 Å². The number of nitrogens with one attached hydrogen (secondary N) is 1. The number of aryl methyl sites for hydroxylation is 1. The minimum absolute atomic E-state index is 0.0601. The van der Waals surface area contributed by atoms with E-state index >= 15 is 0 Å². The fraction of sp³-hybridized carbons (Fsp3) is 0.667. The van der Waals surface area contributed by atoms with E-state index in [0.29, 0.717) is 13.0 Å². The van der Waals surface area contributed by atoms with Crippen LogP contribution >= 0.6 is 0 Å². The SMILES string of the molecule is CCC(C)NC(=O)CCn1cncc1C(C)N. The lowest BCUT2D eigenvalue weighted by molar-refractivity contribution is -0.121. The van der Waals surface area contributed by atoms with Crippen LogP contribution in [-0.2, 0) is 11.3 Å². The van der Waals surface area contributed by atoms with Crippen molar-refractivity contribution in [3.63, 3.8) is 0 Å². The van der Waals surface area contributed by atoms with Crippen LogP contribution in [0, 0.1) is 0 Å². The van der Waals surface area contributed by atoms with Crippen molar-refractivity contribution in [3.8, 4) is 0 Å². The molecule has 0 spiro atoms. The van der Waals surface area contributed by atoms with Crippen LogP contribution in [0.4, 0.5) is 0 Å². The highest BCUT2D eigenvalue weighted by molar-refractivity contribution is 5.76.